The molecule has 1 unspecified atom stereocenters. The Hall–Kier alpha value is -0.470. The van der Waals surface area contributed by atoms with Crippen molar-refractivity contribution in [1.29, 1.82) is 0 Å². The third-order valence-corrected chi connectivity index (χ3v) is 5.22. The molecule has 1 fully saturated rings. The second-order valence-corrected chi connectivity index (χ2v) is 6.34. The van der Waals surface area contributed by atoms with E-state index < -0.39 is 0 Å². The first-order chi connectivity index (χ1) is 8.43. The predicted molar refractivity (Wildman–Crippen MR) is 75.3 cm³/mol. The van der Waals surface area contributed by atoms with Crippen LogP contribution in [0, 0.1) is 5.92 Å². The molecule has 1 aromatic carbocycles. The SMILES string of the molecule is c1ccc2c(c1)CSCC2NCCC1CCC1. The van der Waals surface area contributed by atoms with E-state index in [1.54, 1.807) is 5.56 Å². The summed E-state index contributed by atoms with van der Waals surface area (Å²) >= 11 is 2.06. The van der Waals surface area contributed by atoms with Crippen molar-refractivity contribution in [3.05, 3.63) is 35.4 Å². The molecule has 92 valence electrons. The lowest BCUT2D eigenvalue weighted by Crippen LogP contribution is -2.29. The molecule has 2 aliphatic rings. The van der Waals surface area contributed by atoms with Gasteiger partial charge in [0.05, 0.1) is 0 Å². The zero-order valence-corrected chi connectivity index (χ0v) is 11.1. The monoisotopic (exact) mass is 247 g/mol. The zero-order chi connectivity index (χ0) is 11.5. The molecule has 1 nitrogen and oxygen atoms in total. The number of thioether (sulfide) groups is 1. The van der Waals surface area contributed by atoms with Crippen LogP contribution >= 0.6 is 11.8 Å². The number of nitrogens with one attached hydrogen (secondary N) is 1. The molecule has 0 aromatic heterocycles. The molecule has 1 aliphatic carbocycles. The Labute approximate surface area is 108 Å². The number of hydrogen-bond donors (Lipinski definition) is 1. The summed E-state index contributed by atoms with van der Waals surface area (Å²) in [5.74, 6) is 3.45. The molecule has 1 saturated carbocycles. The maximum atomic E-state index is 3.76. The van der Waals surface area contributed by atoms with Gasteiger partial charge in [0, 0.05) is 17.5 Å². The molecule has 1 aromatic rings. The average molecular weight is 247 g/mol. The molecule has 0 radical (unpaired) electrons. The van der Waals surface area contributed by atoms with E-state index in [0.717, 1.165) is 5.92 Å². The summed E-state index contributed by atoms with van der Waals surface area (Å²) in [7, 11) is 0. The van der Waals surface area contributed by atoms with Crippen molar-refractivity contribution in [2.24, 2.45) is 5.92 Å². The highest BCUT2D eigenvalue weighted by Crippen LogP contribution is 2.32. The van der Waals surface area contributed by atoms with E-state index in [0.29, 0.717) is 6.04 Å². The second kappa shape index (κ2) is 5.45. The van der Waals surface area contributed by atoms with E-state index in [1.807, 2.05) is 0 Å². The summed E-state index contributed by atoms with van der Waals surface area (Å²) in [6.45, 7) is 1.20. The van der Waals surface area contributed by atoms with E-state index in [2.05, 4.69) is 41.3 Å². The summed E-state index contributed by atoms with van der Waals surface area (Å²) < 4.78 is 0. The van der Waals surface area contributed by atoms with E-state index in [1.165, 1.54) is 49.3 Å². The molecule has 2 heteroatoms. The lowest BCUT2D eigenvalue weighted by atomic mass is 9.83. The molecule has 0 spiro atoms. The third kappa shape index (κ3) is 2.69. The minimum absolute atomic E-state index is 0.588. The Morgan fingerprint density at radius 1 is 1.24 bits per heavy atom. The highest BCUT2D eigenvalue weighted by atomic mass is 32.2. The summed E-state index contributed by atoms with van der Waals surface area (Å²) in [5.41, 5.74) is 3.07. The lowest BCUT2D eigenvalue weighted by molar-refractivity contribution is 0.289. The molecule has 1 atom stereocenters. The van der Waals surface area contributed by atoms with Crippen molar-refractivity contribution in [3.63, 3.8) is 0 Å². The first-order valence-electron chi connectivity index (χ1n) is 6.82. The first kappa shape index (κ1) is 11.6. The largest absolute Gasteiger partial charge is 0.309 e. The van der Waals surface area contributed by atoms with Crippen LogP contribution < -0.4 is 5.32 Å². The fourth-order valence-electron chi connectivity index (χ4n) is 2.79. The van der Waals surface area contributed by atoms with Gasteiger partial charge in [-0.05, 0) is 30.0 Å². The number of rotatable bonds is 4. The molecule has 1 aliphatic heterocycles. The maximum absolute atomic E-state index is 3.76. The summed E-state index contributed by atoms with van der Waals surface area (Å²) in [4.78, 5) is 0. The summed E-state index contributed by atoms with van der Waals surface area (Å²) in [6, 6.07) is 9.51. The molecular formula is C15H21NS. The summed E-state index contributed by atoms with van der Waals surface area (Å²) in [5, 5.41) is 3.76. The van der Waals surface area contributed by atoms with Crippen molar-refractivity contribution in [1.82, 2.24) is 5.32 Å². The first-order valence-corrected chi connectivity index (χ1v) is 7.98. The van der Waals surface area contributed by atoms with Crippen molar-refractivity contribution < 1.29 is 0 Å². The molecule has 0 amide bonds. The quantitative estimate of drug-likeness (QED) is 0.869. The van der Waals surface area contributed by atoms with Crippen LogP contribution in [0.2, 0.25) is 0 Å². The van der Waals surface area contributed by atoms with Crippen molar-refractivity contribution in [3.8, 4) is 0 Å². The maximum Gasteiger partial charge on any atom is 0.0415 e. The standard InChI is InChI=1S/C15H21NS/c1-2-7-14-13(6-1)10-17-11-15(14)16-9-8-12-4-3-5-12/h1-2,6-7,12,15-16H,3-5,8-11H2. The van der Waals surface area contributed by atoms with Gasteiger partial charge in [-0.3, -0.25) is 0 Å². The van der Waals surface area contributed by atoms with Crippen LogP contribution in [-0.2, 0) is 5.75 Å². The van der Waals surface area contributed by atoms with Crippen LogP contribution in [0.25, 0.3) is 0 Å². The molecular weight excluding hydrogens is 226 g/mol. The third-order valence-electron chi connectivity index (χ3n) is 4.14. The van der Waals surface area contributed by atoms with Gasteiger partial charge < -0.3 is 5.32 Å². The molecule has 0 saturated heterocycles. The fraction of sp³-hybridized carbons (Fsp3) is 0.600. The lowest BCUT2D eigenvalue weighted by Gasteiger charge is -2.29. The number of hydrogen-bond acceptors (Lipinski definition) is 2. The van der Waals surface area contributed by atoms with Crippen molar-refractivity contribution >= 4 is 11.8 Å². The normalized spacial score (nSPS) is 24.1. The fourth-order valence-corrected chi connectivity index (χ4v) is 3.93. The Balaban J connectivity index is 1.56. The zero-order valence-electron chi connectivity index (χ0n) is 10.3. The average Bonchev–Trinajstić information content (AvgIpc) is 2.32. The van der Waals surface area contributed by atoms with Crippen molar-refractivity contribution in [2.45, 2.75) is 37.5 Å². The van der Waals surface area contributed by atoms with Crippen LogP contribution in [0.3, 0.4) is 0 Å². The Morgan fingerprint density at radius 3 is 2.94 bits per heavy atom. The van der Waals surface area contributed by atoms with Gasteiger partial charge in [-0.2, -0.15) is 11.8 Å². The van der Waals surface area contributed by atoms with E-state index in [4.69, 9.17) is 0 Å². The molecule has 17 heavy (non-hydrogen) atoms. The van der Waals surface area contributed by atoms with Crippen LogP contribution in [0.15, 0.2) is 24.3 Å². The minimum Gasteiger partial charge on any atom is -0.309 e. The Bertz CT molecular complexity index is 373. The van der Waals surface area contributed by atoms with Crippen LogP contribution in [-0.4, -0.2) is 12.3 Å². The predicted octanol–water partition coefficient (Wildman–Crippen LogP) is 3.75. The van der Waals surface area contributed by atoms with E-state index >= 15 is 0 Å². The van der Waals surface area contributed by atoms with E-state index in [9.17, 15) is 0 Å². The molecule has 3 rings (SSSR count). The van der Waals surface area contributed by atoms with Gasteiger partial charge in [-0.15, -0.1) is 0 Å². The summed E-state index contributed by atoms with van der Waals surface area (Å²) in [6.07, 6.45) is 5.78. The highest BCUT2D eigenvalue weighted by Gasteiger charge is 2.21. The van der Waals surface area contributed by atoms with Gasteiger partial charge in [0.1, 0.15) is 0 Å². The van der Waals surface area contributed by atoms with E-state index in [-0.39, 0.29) is 0 Å². The minimum atomic E-state index is 0.588. The topological polar surface area (TPSA) is 12.0 Å². The van der Waals surface area contributed by atoms with Gasteiger partial charge in [0.25, 0.3) is 0 Å². The number of benzene rings is 1. The molecule has 0 bridgehead atoms. The van der Waals surface area contributed by atoms with Gasteiger partial charge >= 0.3 is 0 Å². The second-order valence-electron chi connectivity index (χ2n) is 5.31. The molecule has 1 N–H and O–H groups in total. The van der Waals surface area contributed by atoms with Gasteiger partial charge in [-0.25, -0.2) is 0 Å². The van der Waals surface area contributed by atoms with Gasteiger partial charge in [0.15, 0.2) is 0 Å². The smallest absolute Gasteiger partial charge is 0.0415 e. The van der Waals surface area contributed by atoms with Crippen LogP contribution in [0.1, 0.15) is 42.9 Å². The Kier molecular flexibility index (Phi) is 3.72. The van der Waals surface area contributed by atoms with Gasteiger partial charge in [0.2, 0.25) is 0 Å². The molecule has 1 heterocycles. The Morgan fingerprint density at radius 2 is 2.12 bits per heavy atom. The van der Waals surface area contributed by atoms with Crippen LogP contribution in [0.5, 0.6) is 0 Å². The number of fused-ring (bicyclic) bond motifs is 1. The van der Waals surface area contributed by atoms with Crippen LogP contribution in [0.4, 0.5) is 0 Å². The highest BCUT2D eigenvalue weighted by molar-refractivity contribution is 7.98. The van der Waals surface area contributed by atoms with Crippen molar-refractivity contribution in [2.75, 3.05) is 12.3 Å². The van der Waals surface area contributed by atoms with Gasteiger partial charge in [-0.1, -0.05) is 43.5 Å².